The van der Waals surface area contributed by atoms with Gasteiger partial charge in [0.2, 0.25) is 0 Å². The van der Waals surface area contributed by atoms with Gasteiger partial charge in [-0.15, -0.1) is 0 Å². The summed E-state index contributed by atoms with van der Waals surface area (Å²) in [4.78, 5) is 4.39. The first-order chi connectivity index (χ1) is 8.15. The SMILES string of the molecule is CCC1CCCCC1(N)CCc1nccn1C. The van der Waals surface area contributed by atoms with Crippen LogP contribution in [0.2, 0.25) is 0 Å². The average molecular weight is 235 g/mol. The van der Waals surface area contributed by atoms with Gasteiger partial charge in [-0.2, -0.15) is 0 Å². The third-order valence-electron chi connectivity index (χ3n) is 4.49. The molecule has 3 heteroatoms. The van der Waals surface area contributed by atoms with E-state index in [9.17, 15) is 0 Å². The summed E-state index contributed by atoms with van der Waals surface area (Å²) in [6, 6.07) is 0. The van der Waals surface area contributed by atoms with Crippen molar-refractivity contribution in [1.82, 2.24) is 9.55 Å². The standard InChI is InChI=1S/C14H25N3/c1-3-12-6-4-5-8-14(12,15)9-7-13-16-10-11-17(13)2/h10-12H,3-9,15H2,1-2H3. The Balaban J connectivity index is 1.98. The molecule has 17 heavy (non-hydrogen) atoms. The van der Waals surface area contributed by atoms with Crippen molar-refractivity contribution in [1.29, 1.82) is 0 Å². The second-order valence-corrected chi connectivity index (χ2v) is 5.54. The molecular weight excluding hydrogens is 210 g/mol. The lowest BCUT2D eigenvalue weighted by atomic mass is 9.70. The third kappa shape index (κ3) is 2.71. The number of hydrogen-bond acceptors (Lipinski definition) is 2. The van der Waals surface area contributed by atoms with Crippen LogP contribution in [0, 0.1) is 5.92 Å². The summed E-state index contributed by atoms with van der Waals surface area (Å²) in [5, 5.41) is 0. The first-order valence-electron chi connectivity index (χ1n) is 6.91. The van der Waals surface area contributed by atoms with E-state index in [2.05, 4.69) is 23.5 Å². The van der Waals surface area contributed by atoms with E-state index in [0.29, 0.717) is 5.92 Å². The van der Waals surface area contributed by atoms with Gasteiger partial charge in [-0.25, -0.2) is 4.98 Å². The van der Waals surface area contributed by atoms with Crippen molar-refractivity contribution in [2.45, 2.75) is 57.4 Å². The molecule has 0 spiro atoms. The highest BCUT2D eigenvalue weighted by molar-refractivity contribution is 4.99. The van der Waals surface area contributed by atoms with Crippen LogP contribution >= 0.6 is 0 Å². The maximum atomic E-state index is 6.64. The Bertz CT molecular complexity index is 358. The van der Waals surface area contributed by atoms with Gasteiger partial charge < -0.3 is 10.3 Å². The average Bonchev–Trinajstić information content (AvgIpc) is 2.73. The highest BCUT2D eigenvalue weighted by Crippen LogP contribution is 2.36. The Hall–Kier alpha value is -0.830. The molecule has 0 aromatic carbocycles. The van der Waals surface area contributed by atoms with E-state index >= 15 is 0 Å². The van der Waals surface area contributed by atoms with Gasteiger partial charge in [0.1, 0.15) is 5.82 Å². The van der Waals surface area contributed by atoms with Gasteiger partial charge >= 0.3 is 0 Å². The second-order valence-electron chi connectivity index (χ2n) is 5.54. The van der Waals surface area contributed by atoms with Gasteiger partial charge in [0.05, 0.1) is 0 Å². The van der Waals surface area contributed by atoms with Crippen LogP contribution < -0.4 is 5.73 Å². The Morgan fingerprint density at radius 1 is 1.53 bits per heavy atom. The van der Waals surface area contributed by atoms with Crippen LogP contribution in [0.5, 0.6) is 0 Å². The largest absolute Gasteiger partial charge is 0.338 e. The monoisotopic (exact) mass is 235 g/mol. The van der Waals surface area contributed by atoms with E-state index in [1.54, 1.807) is 0 Å². The number of hydrogen-bond donors (Lipinski definition) is 1. The number of nitrogens with zero attached hydrogens (tertiary/aromatic N) is 2. The maximum absolute atomic E-state index is 6.64. The summed E-state index contributed by atoms with van der Waals surface area (Å²) in [5.41, 5.74) is 6.70. The summed E-state index contributed by atoms with van der Waals surface area (Å²) in [7, 11) is 2.06. The van der Waals surface area contributed by atoms with Crippen molar-refractivity contribution in [2.75, 3.05) is 0 Å². The molecule has 1 aromatic heterocycles. The van der Waals surface area contributed by atoms with Crippen LogP contribution in [0.3, 0.4) is 0 Å². The predicted octanol–water partition coefficient (Wildman–Crippen LogP) is 2.65. The first-order valence-corrected chi connectivity index (χ1v) is 6.91. The first kappa shape index (κ1) is 12.6. The van der Waals surface area contributed by atoms with Crippen LogP contribution in [0.4, 0.5) is 0 Å². The highest BCUT2D eigenvalue weighted by atomic mass is 15.0. The Kier molecular flexibility index (Phi) is 3.87. The molecule has 1 aliphatic rings. The molecule has 0 amide bonds. The van der Waals surface area contributed by atoms with E-state index in [1.165, 1.54) is 32.1 Å². The van der Waals surface area contributed by atoms with E-state index in [1.807, 2.05) is 12.4 Å². The fraction of sp³-hybridized carbons (Fsp3) is 0.786. The second kappa shape index (κ2) is 5.21. The molecule has 2 unspecified atom stereocenters. The van der Waals surface area contributed by atoms with Gasteiger partial charge in [0, 0.05) is 31.4 Å². The lowest BCUT2D eigenvalue weighted by molar-refractivity contribution is 0.170. The third-order valence-corrected chi connectivity index (χ3v) is 4.49. The van der Waals surface area contributed by atoms with E-state index in [4.69, 9.17) is 5.73 Å². The van der Waals surface area contributed by atoms with Gasteiger partial charge in [-0.05, 0) is 25.2 Å². The molecular formula is C14H25N3. The molecule has 2 rings (SSSR count). The van der Waals surface area contributed by atoms with Crippen LogP contribution in [-0.2, 0) is 13.5 Å². The van der Waals surface area contributed by atoms with Crippen LogP contribution in [0.25, 0.3) is 0 Å². The zero-order valence-electron chi connectivity index (χ0n) is 11.2. The van der Waals surface area contributed by atoms with Crippen LogP contribution in [0.1, 0.15) is 51.3 Å². The molecule has 0 saturated heterocycles. The Morgan fingerprint density at radius 3 is 3.00 bits per heavy atom. The summed E-state index contributed by atoms with van der Waals surface area (Å²) in [5.74, 6) is 1.87. The van der Waals surface area contributed by atoms with E-state index in [0.717, 1.165) is 18.7 Å². The molecule has 96 valence electrons. The number of rotatable bonds is 4. The maximum Gasteiger partial charge on any atom is 0.108 e. The molecule has 1 fully saturated rings. The highest BCUT2D eigenvalue weighted by Gasteiger charge is 2.35. The van der Waals surface area contributed by atoms with Crippen LogP contribution in [0.15, 0.2) is 12.4 Å². The molecule has 0 radical (unpaired) electrons. The zero-order valence-corrected chi connectivity index (χ0v) is 11.2. The molecule has 1 heterocycles. The van der Waals surface area contributed by atoms with Crippen molar-refractivity contribution >= 4 is 0 Å². The predicted molar refractivity (Wildman–Crippen MR) is 70.7 cm³/mol. The minimum atomic E-state index is 0.0545. The van der Waals surface area contributed by atoms with Crippen molar-refractivity contribution in [3.63, 3.8) is 0 Å². The summed E-state index contributed by atoms with van der Waals surface area (Å²) >= 11 is 0. The molecule has 2 N–H and O–H groups in total. The molecule has 0 aliphatic heterocycles. The Morgan fingerprint density at radius 2 is 2.35 bits per heavy atom. The minimum absolute atomic E-state index is 0.0545. The molecule has 3 nitrogen and oxygen atoms in total. The lowest BCUT2D eigenvalue weighted by Gasteiger charge is -2.41. The summed E-state index contributed by atoms with van der Waals surface area (Å²) < 4.78 is 2.10. The topological polar surface area (TPSA) is 43.8 Å². The van der Waals surface area contributed by atoms with Crippen molar-refractivity contribution in [3.8, 4) is 0 Å². The van der Waals surface area contributed by atoms with Gasteiger partial charge in [-0.1, -0.05) is 26.2 Å². The number of imidazole rings is 1. The van der Waals surface area contributed by atoms with Gasteiger partial charge in [-0.3, -0.25) is 0 Å². The quantitative estimate of drug-likeness (QED) is 0.872. The lowest BCUT2D eigenvalue weighted by Crippen LogP contribution is -2.49. The Labute approximate surface area is 104 Å². The summed E-state index contributed by atoms with van der Waals surface area (Å²) in [6.07, 6.45) is 12.4. The number of nitrogens with two attached hydrogens (primary N) is 1. The van der Waals surface area contributed by atoms with E-state index < -0.39 is 0 Å². The van der Waals surface area contributed by atoms with E-state index in [-0.39, 0.29) is 5.54 Å². The van der Waals surface area contributed by atoms with Crippen LogP contribution in [-0.4, -0.2) is 15.1 Å². The number of aryl methyl sites for hydroxylation is 2. The van der Waals surface area contributed by atoms with Gasteiger partial charge in [0.15, 0.2) is 0 Å². The molecule has 2 atom stereocenters. The molecule has 1 aromatic rings. The molecule has 1 aliphatic carbocycles. The molecule has 0 bridgehead atoms. The fourth-order valence-corrected chi connectivity index (χ4v) is 3.26. The van der Waals surface area contributed by atoms with Crippen molar-refractivity contribution in [2.24, 2.45) is 18.7 Å². The minimum Gasteiger partial charge on any atom is -0.338 e. The smallest absolute Gasteiger partial charge is 0.108 e. The zero-order chi connectivity index (χ0) is 12.3. The van der Waals surface area contributed by atoms with Crippen molar-refractivity contribution in [3.05, 3.63) is 18.2 Å². The van der Waals surface area contributed by atoms with Crippen molar-refractivity contribution < 1.29 is 0 Å². The van der Waals surface area contributed by atoms with Gasteiger partial charge in [0.25, 0.3) is 0 Å². The number of aromatic nitrogens is 2. The normalized spacial score (nSPS) is 29.5. The summed E-state index contributed by atoms with van der Waals surface area (Å²) in [6.45, 7) is 2.28. The fourth-order valence-electron chi connectivity index (χ4n) is 3.26. The molecule has 1 saturated carbocycles.